The van der Waals surface area contributed by atoms with Crippen molar-refractivity contribution in [3.05, 3.63) is 18.3 Å². The molecule has 0 radical (unpaired) electrons. The zero-order valence-corrected chi connectivity index (χ0v) is 9.06. The normalized spacial score (nSPS) is 27.5. The Labute approximate surface area is 93.7 Å². The molecule has 16 heavy (non-hydrogen) atoms. The first kappa shape index (κ1) is 8.56. The topological polar surface area (TPSA) is 42.7 Å². The Morgan fingerprint density at radius 2 is 2.38 bits per heavy atom. The molecule has 1 fully saturated rings. The molecule has 2 unspecified atom stereocenters. The van der Waals surface area contributed by atoms with Crippen LogP contribution in [0.15, 0.2) is 18.3 Å². The van der Waals surface area contributed by atoms with Gasteiger partial charge < -0.3 is 5.32 Å². The molecule has 82 valence electrons. The van der Waals surface area contributed by atoms with Crippen molar-refractivity contribution < 1.29 is 0 Å². The summed E-state index contributed by atoms with van der Waals surface area (Å²) in [5, 5.41) is 9.32. The van der Waals surface area contributed by atoms with Crippen molar-refractivity contribution in [2.24, 2.45) is 5.92 Å². The molecule has 0 spiro atoms. The highest BCUT2D eigenvalue weighted by Crippen LogP contribution is 2.41. The van der Waals surface area contributed by atoms with Gasteiger partial charge in [-0.15, -0.1) is 0 Å². The van der Waals surface area contributed by atoms with Crippen molar-refractivity contribution in [2.45, 2.75) is 25.3 Å². The second kappa shape index (κ2) is 2.97. The van der Waals surface area contributed by atoms with E-state index in [2.05, 4.69) is 26.1 Å². The molecule has 1 aliphatic carbocycles. The fourth-order valence-corrected chi connectivity index (χ4v) is 3.16. The van der Waals surface area contributed by atoms with Crippen molar-refractivity contribution in [2.75, 3.05) is 11.9 Å². The SMILES string of the molecule is c1cnc2nn3c(c2c1)NCC1CCCC13. The van der Waals surface area contributed by atoms with Gasteiger partial charge in [-0.25, -0.2) is 9.67 Å². The Bertz CT molecular complexity index is 545. The molecule has 2 aromatic heterocycles. The third kappa shape index (κ3) is 0.991. The highest BCUT2D eigenvalue weighted by Gasteiger charge is 2.35. The number of rotatable bonds is 0. The van der Waals surface area contributed by atoms with Gasteiger partial charge in [0.2, 0.25) is 0 Å². The maximum atomic E-state index is 4.64. The van der Waals surface area contributed by atoms with Gasteiger partial charge in [-0.05, 0) is 30.9 Å². The maximum absolute atomic E-state index is 4.64. The lowest BCUT2D eigenvalue weighted by molar-refractivity contribution is 0.349. The summed E-state index contributed by atoms with van der Waals surface area (Å²) in [7, 11) is 0. The van der Waals surface area contributed by atoms with E-state index in [-0.39, 0.29) is 0 Å². The minimum absolute atomic E-state index is 0.602. The second-order valence-corrected chi connectivity index (χ2v) is 4.81. The molecule has 0 bridgehead atoms. The number of anilines is 1. The summed E-state index contributed by atoms with van der Waals surface area (Å²) < 4.78 is 2.18. The number of hydrogen-bond donors (Lipinski definition) is 1. The third-order valence-corrected chi connectivity index (χ3v) is 3.94. The van der Waals surface area contributed by atoms with Gasteiger partial charge in [0.1, 0.15) is 5.82 Å². The summed E-state index contributed by atoms with van der Waals surface area (Å²) in [6, 6.07) is 4.68. The van der Waals surface area contributed by atoms with Gasteiger partial charge in [0, 0.05) is 12.7 Å². The Morgan fingerprint density at radius 3 is 3.38 bits per heavy atom. The quantitative estimate of drug-likeness (QED) is 0.731. The first-order valence-corrected chi connectivity index (χ1v) is 6.00. The van der Waals surface area contributed by atoms with Crippen LogP contribution in [0.25, 0.3) is 11.0 Å². The molecule has 1 aliphatic heterocycles. The fraction of sp³-hybridized carbons (Fsp3) is 0.500. The number of hydrogen-bond acceptors (Lipinski definition) is 3. The van der Waals surface area contributed by atoms with E-state index < -0.39 is 0 Å². The second-order valence-electron chi connectivity index (χ2n) is 4.81. The lowest BCUT2D eigenvalue weighted by Gasteiger charge is -2.28. The minimum atomic E-state index is 0.602. The highest BCUT2D eigenvalue weighted by atomic mass is 15.4. The van der Waals surface area contributed by atoms with Gasteiger partial charge in [0.15, 0.2) is 5.65 Å². The number of fused-ring (bicyclic) bond motifs is 5. The van der Waals surface area contributed by atoms with E-state index in [4.69, 9.17) is 0 Å². The van der Waals surface area contributed by atoms with Crippen LogP contribution in [0.1, 0.15) is 25.3 Å². The minimum Gasteiger partial charge on any atom is -0.369 e. The van der Waals surface area contributed by atoms with Gasteiger partial charge in [-0.3, -0.25) is 0 Å². The van der Waals surface area contributed by atoms with Crippen LogP contribution >= 0.6 is 0 Å². The molecule has 2 atom stereocenters. The maximum Gasteiger partial charge on any atom is 0.183 e. The fourth-order valence-electron chi connectivity index (χ4n) is 3.16. The number of nitrogens with one attached hydrogen (secondary N) is 1. The largest absolute Gasteiger partial charge is 0.369 e. The first-order chi connectivity index (χ1) is 7.93. The van der Waals surface area contributed by atoms with E-state index in [1.165, 1.54) is 25.1 Å². The average Bonchev–Trinajstić information content (AvgIpc) is 2.92. The van der Waals surface area contributed by atoms with Gasteiger partial charge in [0.25, 0.3) is 0 Å². The summed E-state index contributed by atoms with van der Waals surface area (Å²) in [5.74, 6) is 1.94. The molecule has 4 rings (SSSR count). The molecule has 3 heterocycles. The van der Waals surface area contributed by atoms with Gasteiger partial charge in [-0.2, -0.15) is 5.10 Å². The lowest BCUT2D eigenvalue weighted by Crippen LogP contribution is -2.29. The standard InChI is InChI=1S/C12H14N4/c1-3-8-7-14-12-9-4-2-6-13-11(9)15-16(12)10(8)5-1/h2,4,6,8,10,14H,1,3,5,7H2. The van der Waals surface area contributed by atoms with E-state index in [1.807, 2.05) is 12.3 Å². The summed E-state index contributed by atoms with van der Waals surface area (Å²) in [6.07, 6.45) is 5.75. The Balaban J connectivity index is 1.96. The molecule has 2 aromatic rings. The average molecular weight is 214 g/mol. The molecule has 4 heteroatoms. The monoisotopic (exact) mass is 214 g/mol. The van der Waals surface area contributed by atoms with Crippen LogP contribution in [0.4, 0.5) is 5.82 Å². The Morgan fingerprint density at radius 1 is 1.38 bits per heavy atom. The Kier molecular flexibility index (Phi) is 1.59. The highest BCUT2D eigenvalue weighted by molar-refractivity contribution is 5.87. The molecule has 2 aliphatic rings. The molecule has 4 nitrogen and oxygen atoms in total. The van der Waals surface area contributed by atoms with Crippen LogP contribution in [0.2, 0.25) is 0 Å². The van der Waals surface area contributed by atoms with Gasteiger partial charge >= 0.3 is 0 Å². The summed E-state index contributed by atoms with van der Waals surface area (Å²) in [5.41, 5.74) is 0.873. The summed E-state index contributed by atoms with van der Waals surface area (Å²) in [6.45, 7) is 1.10. The van der Waals surface area contributed by atoms with Crippen molar-refractivity contribution in [1.29, 1.82) is 0 Å². The zero-order valence-electron chi connectivity index (χ0n) is 9.06. The molecule has 1 saturated carbocycles. The number of aromatic nitrogens is 3. The molecular formula is C12H14N4. The van der Waals surface area contributed by atoms with E-state index in [0.717, 1.165) is 23.5 Å². The van der Waals surface area contributed by atoms with Crippen LogP contribution in [-0.2, 0) is 0 Å². The third-order valence-electron chi connectivity index (χ3n) is 3.94. The first-order valence-electron chi connectivity index (χ1n) is 6.00. The smallest absolute Gasteiger partial charge is 0.183 e. The van der Waals surface area contributed by atoms with E-state index in [0.29, 0.717) is 6.04 Å². The molecule has 0 saturated heterocycles. The van der Waals surface area contributed by atoms with Crippen molar-refractivity contribution in [3.63, 3.8) is 0 Å². The number of pyridine rings is 1. The lowest BCUT2D eigenvalue weighted by atomic mass is 10.0. The molecular weight excluding hydrogens is 200 g/mol. The van der Waals surface area contributed by atoms with Crippen LogP contribution in [0, 0.1) is 5.92 Å². The molecule has 0 aromatic carbocycles. The Hall–Kier alpha value is -1.58. The van der Waals surface area contributed by atoms with E-state index in [1.54, 1.807) is 0 Å². The van der Waals surface area contributed by atoms with E-state index >= 15 is 0 Å². The van der Waals surface area contributed by atoms with E-state index in [9.17, 15) is 0 Å². The summed E-state index contributed by atoms with van der Waals surface area (Å²) in [4.78, 5) is 4.33. The van der Waals surface area contributed by atoms with Crippen molar-refractivity contribution in [1.82, 2.24) is 14.8 Å². The van der Waals surface area contributed by atoms with Gasteiger partial charge in [-0.1, -0.05) is 6.42 Å². The predicted molar refractivity (Wildman–Crippen MR) is 62.4 cm³/mol. The zero-order chi connectivity index (χ0) is 10.5. The van der Waals surface area contributed by atoms with Crippen LogP contribution in [-0.4, -0.2) is 21.3 Å². The van der Waals surface area contributed by atoms with Crippen molar-refractivity contribution in [3.8, 4) is 0 Å². The summed E-state index contributed by atoms with van der Waals surface area (Å²) >= 11 is 0. The van der Waals surface area contributed by atoms with Crippen LogP contribution in [0.5, 0.6) is 0 Å². The molecule has 1 N–H and O–H groups in total. The molecule has 0 amide bonds. The predicted octanol–water partition coefficient (Wildman–Crippen LogP) is 2.20. The van der Waals surface area contributed by atoms with Crippen molar-refractivity contribution >= 4 is 16.9 Å². The van der Waals surface area contributed by atoms with Gasteiger partial charge in [0.05, 0.1) is 11.4 Å². The van der Waals surface area contributed by atoms with Crippen LogP contribution < -0.4 is 5.32 Å². The van der Waals surface area contributed by atoms with Crippen LogP contribution in [0.3, 0.4) is 0 Å². The number of nitrogens with zero attached hydrogens (tertiary/aromatic N) is 3.